The van der Waals surface area contributed by atoms with Gasteiger partial charge in [0, 0.05) is 24.0 Å². The van der Waals surface area contributed by atoms with E-state index in [1.807, 2.05) is 6.07 Å². The summed E-state index contributed by atoms with van der Waals surface area (Å²) in [7, 11) is 0. The molecule has 170 valence electrons. The maximum atomic E-state index is 12.6. The summed E-state index contributed by atoms with van der Waals surface area (Å²) in [6.07, 6.45) is 1.71. The highest BCUT2D eigenvalue weighted by molar-refractivity contribution is 7.17. The van der Waals surface area contributed by atoms with Crippen molar-refractivity contribution in [2.75, 3.05) is 31.2 Å². The lowest BCUT2D eigenvalue weighted by atomic mass is 9.95. The minimum Gasteiger partial charge on any atom is -0.464 e. The molecule has 9 heteroatoms. The lowest BCUT2D eigenvalue weighted by Crippen LogP contribution is -2.42. The number of nitrogens with one attached hydrogen (secondary N) is 2. The molecule has 1 aromatic carbocycles. The average molecular weight is 457 g/mol. The molecule has 3 aromatic rings. The van der Waals surface area contributed by atoms with Gasteiger partial charge >= 0.3 is 0 Å². The van der Waals surface area contributed by atoms with Crippen LogP contribution in [-0.2, 0) is 16.0 Å². The Labute approximate surface area is 190 Å². The molecular weight excluding hydrogens is 428 g/mol. The minimum absolute atomic E-state index is 0.106. The van der Waals surface area contributed by atoms with E-state index in [0.717, 1.165) is 34.8 Å². The number of hydrazine groups is 1. The van der Waals surface area contributed by atoms with E-state index in [1.54, 1.807) is 13.2 Å². The largest absolute Gasteiger partial charge is 0.464 e. The van der Waals surface area contributed by atoms with Crippen LogP contribution in [-0.4, -0.2) is 43.1 Å². The number of hydrogen-bond acceptors (Lipinski definition) is 7. The van der Waals surface area contributed by atoms with Crippen LogP contribution in [0.15, 0.2) is 22.8 Å². The van der Waals surface area contributed by atoms with E-state index >= 15 is 0 Å². The summed E-state index contributed by atoms with van der Waals surface area (Å²) in [5.74, 6) is -0.314. The van der Waals surface area contributed by atoms with Crippen molar-refractivity contribution in [1.29, 1.82) is 0 Å². The molecule has 8 nitrogen and oxygen atoms in total. The second kappa shape index (κ2) is 9.30. The Kier molecular flexibility index (Phi) is 6.48. The van der Waals surface area contributed by atoms with Gasteiger partial charge in [0.15, 0.2) is 5.13 Å². The van der Waals surface area contributed by atoms with Crippen LogP contribution < -0.4 is 15.8 Å². The first-order valence-corrected chi connectivity index (χ1v) is 11.5. The van der Waals surface area contributed by atoms with Crippen molar-refractivity contribution in [2.24, 2.45) is 0 Å². The standard InChI is InChI=1S/C23H28N4O4S/c1-13(2)17-11-18-16(12-31-19(18)9-14(17)3)10-20(28)25-26-22(29)21-15(4)24-23(32-21)27-5-7-30-8-6-27/h9,11-13H,5-8,10H2,1-4H3,(H,25,28)(H,26,29). The van der Waals surface area contributed by atoms with Crippen molar-refractivity contribution in [3.05, 3.63) is 45.7 Å². The molecule has 0 bridgehead atoms. The second-order valence-electron chi connectivity index (χ2n) is 8.31. The number of rotatable bonds is 5. The van der Waals surface area contributed by atoms with E-state index in [9.17, 15) is 9.59 Å². The van der Waals surface area contributed by atoms with Crippen LogP contribution >= 0.6 is 11.3 Å². The van der Waals surface area contributed by atoms with Crippen LogP contribution in [0, 0.1) is 13.8 Å². The Balaban J connectivity index is 1.39. The molecule has 4 rings (SSSR count). The lowest BCUT2D eigenvalue weighted by Gasteiger charge is -2.25. The van der Waals surface area contributed by atoms with Crippen LogP contribution in [0.1, 0.15) is 51.8 Å². The van der Waals surface area contributed by atoms with Gasteiger partial charge in [-0.25, -0.2) is 4.98 Å². The van der Waals surface area contributed by atoms with Crippen molar-refractivity contribution in [2.45, 2.75) is 40.0 Å². The van der Waals surface area contributed by atoms with Crippen LogP contribution in [0.3, 0.4) is 0 Å². The molecule has 1 aliphatic rings. The van der Waals surface area contributed by atoms with Gasteiger partial charge in [0.25, 0.3) is 5.91 Å². The zero-order chi connectivity index (χ0) is 22.8. The molecule has 0 saturated carbocycles. The maximum absolute atomic E-state index is 12.6. The van der Waals surface area contributed by atoms with Gasteiger partial charge in [-0.15, -0.1) is 0 Å². The van der Waals surface area contributed by atoms with Gasteiger partial charge in [0.1, 0.15) is 10.5 Å². The number of furan rings is 1. The van der Waals surface area contributed by atoms with Crippen molar-refractivity contribution in [3.63, 3.8) is 0 Å². The van der Waals surface area contributed by atoms with E-state index in [0.29, 0.717) is 29.7 Å². The molecular formula is C23H28N4O4S. The van der Waals surface area contributed by atoms with E-state index in [1.165, 1.54) is 22.5 Å². The van der Waals surface area contributed by atoms with Crippen LogP contribution in [0.4, 0.5) is 5.13 Å². The number of carbonyl (C=O) groups is 2. The Morgan fingerprint density at radius 2 is 1.94 bits per heavy atom. The molecule has 2 N–H and O–H groups in total. The number of nitrogens with zero attached hydrogens (tertiary/aromatic N) is 2. The molecule has 0 spiro atoms. The zero-order valence-electron chi connectivity index (χ0n) is 18.8. The SMILES string of the molecule is Cc1cc2occ(CC(=O)NNC(=O)c3sc(N4CCOCC4)nc3C)c2cc1C(C)C. The van der Waals surface area contributed by atoms with E-state index < -0.39 is 0 Å². The summed E-state index contributed by atoms with van der Waals surface area (Å²) >= 11 is 1.32. The Morgan fingerprint density at radius 3 is 2.66 bits per heavy atom. The smallest absolute Gasteiger partial charge is 0.281 e. The summed E-state index contributed by atoms with van der Waals surface area (Å²) in [4.78, 5) is 32.2. The Hall–Kier alpha value is -2.91. The monoisotopic (exact) mass is 456 g/mol. The van der Waals surface area contributed by atoms with Crippen LogP contribution in [0.5, 0.6) is 0 Å². The third-order valence-electron chi connectivity index (χ3n) is 5.60. The van der Waals surface area contributed by atoms with Crippen LogP contribution in [0.25, 0.3) is 11.0 Å². The number of ether oxygens (including phenoxy) is 1. The molecule has 3 heterocycles. The van der Waals surface area contributed by atoms with Gasteiger partial charge in [-0.05, 0) is 43.0 Å². The summed E-state index contributed by atoms with van der Waals surface area (Å²) in [6.45, 7) is 10.9. The predicted molar refractivity (Wildman–Crippen MR) is 124 cm³/mol. The summed E-state index contributed by atoms with van der Waals surface area (Å²) < 4.78 is 11.0. The normalized spacial score (nSPS) is 14.2. The second-order valence-corrected chi connectivity index (χ2v) is 9.29. The first-order chi connectivity index (χ1) is 15.3. The molecule has 1 fully saturated rings. The van der Waals surface area contributed by atoms with Crippen molar-refractivity contribution >= 4 is 39.3 Å². The highest BCUT2D eigenvalue weighted by atomic mass is 32.1. The number of fused-ring (bicyclic) bond motifs is 1. The number of aryl methyl sites for hydroxylation is 2. The number of aromatic nitrogens is 1. The third-order valence-corrected chi connectivity index (χ3v) is 6.82. The number of morpholine rings is 1. The number of amides is 2. The summed E-state index contributed by atoms with van der Waals surface area (Å²) in [5.41, 5.74) is 9.61. The van der Waals surface area contributed by atoms with Crippen molar-refractivity contribution < 1.29 is 18.7 Å². The zero-order valence-corrected chi connectivity index (χ0v) is 19.6. The molecule has 2 amide bonds. The van der Waals surface area contributed by atoms with E-state index in [2.05, 4.69) is 47.6 Å². The maximum Gasteiger partial charge on any atom is 0.281 e. The molecule has 1 aliphatic heterocycles. The Morgan fingerprint density at radius 1 is 1.19 bits per heavy atom. The average Bonchev–Trinajstić information content (AvgIpc) is 3.35. The van der Waals surface area contributed by atoms with Crippen LogP contribution in [0.2, 0.25) is 0 Å². The fourth-order valence-corrected chi connectivity index (χ4v) is 4.90. The van der Waals surface area contributed by atoms with E-state index in [4.69, 9.17) is 9.15 Å². The van der Waals surface area contributed by atoms with Gasteiger partial charge < -0.3 is 14.1 Å². The molecule has 2 aromatic heterocycles. The number of thiazole rings is 1. The number of carbonyl (C=O) groups excluding carboxylic acids is 2. The summed E-state index contributed by atoms with van der Waals surface area (Å²) in [6, 6.07) is 4.10. The third kappa shape index (κ3) is 4.63. The quantitative estimate of drug-likeness (QED) is 0.571. The van der Waals surface area contributed by atoms with Crippen molar-refractivity contribution in [1.82, 2.24) is 15.8 Å². The van der Waals surface area contributed by atoms with Gasteiger partial charge in [0.2, 0.25) is 5.91 Å². The predicted octanol–water partition coefficient (Wildman–Crippen LogP) is 3.47. The molecule has 0 aliphatic carbocycles. The van der Waals surface area contributed by atoms with Gasteiger partial charge in [-0.1, -0.05) is 25.2 Å². The topological polar surface area (TPSA) is 96.7 Å². The first kappa shape index (κ1) is 22.3. The van der Waals surface area contributed by atoms with Gasteiger partial charge in [0.05, 0.1) is 31.6 Å². The number of anilines is 1. The molecule has 0 radical (unpaired) electrons. The first-order valence-electron chi connectivity index (χ1n) is 10.7. The summed E-state index contributed by atoms with van der Waals surface area (Å²) in [5, 5.41) is 1.72. The molecule has 0 unspecified atom stereocenters. The molecule has 1 saturated heterocycles. The number of hydrogen-bond donors (Lipinski definition) is 2. The number of benzene rings is 1. The highest BCUT2D eigenvalue weighted by Crippen LogP contribution is 2.29. The fraction of sp³-hybridized carbons (Fsp3) is 0.435. The fourth-order valence-electron chi connectivity index (χ4n) is 3.89. The van der Waals surface area contributed by atoms with Gasteiger partial charge in [-0.3, -0.25) is 20.4 Å². The minimum atomic E-state index is -0.373. The highest BCUT2D eigenvalue weighted by Gasteiger charge is 2.21. The van der Waals surface area contributed by atoms with Crippen molar-refractivity contribution in [3.8, 4) is 0 Å². The van der Waals surface area contributed by atoms with E-state index in [-0.39, 0.29) is 18.2 Å². The Bertz CT molecular complexity index is 1140. The van der Waals surface area contributed by atoms with Gasteiger partial charge in [-0.2, -0.15) is 0 Å². The molecule has 0 atom stereocenters. The molecule has 32 heavy (non-hydrogen) atoms. The lowest BCUT2D eigenvalue weighted by molar-refractivity contribution is -0.121.